The molecule has 0 aliphatic heterocycles. The molecule has 0 fully saturated rings. The quantitative estimate of drug-likeness (QED) is 0.616. The van der Waals surface area contributed by atoms with E-state index in [2.05, 4.69) is 35.6 Å². The second-order valence-electron chi connectivity index (χ2n) is 4.31. The van der Waals surface area contributed by atoms with Gasteiger partial charge in [-0.25, -0.2) is 0 Å². The Kier molecular flexibility index (Phi) is 4.63. The highest BCUT2D eigenvalue weighted by atomic mass is 32.2. The molecule has 2 rings (SSSR count). The Bertz CT molecular complexity index is 509. The molecule has 0 saturated carbocycles. The number of para-hydroxylation sites is 1. The highest BCUT2D eigenvalue weighted by Crippen LogP contribution is 2.19. The molecule has 0 radical (unpaired) electrons. The molecule has 0 aliphatic carbocycles. The molecular formula is C13H20N4S. The van der Waals surface area contributed by atoms with Gasteiger partial charge in [0.25, 0.3) is 0 Å². The van der Waals surface area contributed by atoms with Crippen molar-refractivity contribution >= 4 is 22.7 Å². The molecule has 1 heterocycles. The van der Waals surface area contributed by atoms with Gasteiger partial charge in [-0.3, -0.25) is 16.0 Å². The summed E-state index contributed by atoms with van der Waals surface area (Å²) in [5.74, 6) is 7.74. The van der Waals surface area contributed by atoms with E-state index in [9.17, 15) is 0 Å². The van der Waals surface area contributed by atoms with Gasteiger partial charge in [0, 0.05) is 30.6 Å². The van der Waals surface area contributed by atoms with Gasteiger partial charge in [0.05, 0.1) is 11.2 Å². The normalized spacial score (nSPS) is 13.1. The molecule has 1 aromatic heterocycles. The van der Waals surface area contributed by atoms with Crippen molar-refractivity contribution in [3.05, 3.63) is 30.0 Å². The van der Waals surface area contributed by atoms with Gasteiger partial charge in [0.1, 0.15) is 0 Å². The van der Waals surface area contributed by atoms with Crippen molar-refractivity contribution in [2.75, 3.05) is 11.5 Å². The summed E-state index contributed by atoms with van der Waals surface area (Å²) in [5, 5.41) is 5.82. The molecule has 1 unspecified atom stereocenters. The maximum absolute atomic E-state index is 5.61. The summed E-state index contributed by atoms with van der Waals surface area (Å²) in [6, 6.07) is 8.59. The summed E-state index contributed by atoms with van der Waals surface area (Å²) in [6.45, 7) is 2.16. The van der Waals surface area contributed by atoms with Crippen molar-refractivity contribution in [1.82, 2.24) is 15.2 Å². The average Bonchev–Trinajstić information content (AvgIpc) is 2.72. The Hall–Kier alpha value is -1.04. The fraction of sp³-hybridized carbons (Fsp3) is 0.462. The SMILES string of the molecule is CCSCC(Cc1nn(C)c2ccccc12)NN. The first-order chi connectivity index (χ1) is 8.76. The third kappa shape index (κ3) is 2.85. The zero-order valence-electron chi connectivity index (χ0n) is 10.9. The maximum Gasteiger partial charge on any atom is 0.0719 e. The lowest BCUT2D eigenvalue weighted by Gasteiger charge is -2.13. The third-order valence-corrected chi connectivity index (χ3v) is 4.08. The molecule has 1 aromatic carbocycles. The minimum Gasteiger partial charge on any atom is -0.271 e. The largest absolute Gasteiger partial charge is 0.271 e. The van der Waals surface area contributed by atoms with E-state index in [1.165, 1.54) is 10.9 Å². The summed E-state index contributed by atoms with van der Waals surface area (Å²) in [4.78, 5) is 0. The van der Waals surface area contributed by atoms with E-state index in [1.807, 2.05) is 29.6 Å². The number of thioether (sulfide) groups is 1. The molecule has 0 spiro atoms. The third-order valence-electron chi connectivity index (χ3n) is 3.03. The number of nitrogens with one attached hydrogen (secondary N) is 1. The van der Waals surface area contributed by atoms with Crippen LogP contribution in [0.4, 0.5) is 0 Å². The van der Waals surface area contributed by atoms with E-state index in [4.69, 9.17) is 5.84 Å². The van der Waals surface area contributed by atoms with Gasteiger partial charge < -0.3 is 0 Å². The second kappa shape index (κ2) is 6.22. The smallest absolute Gasteiger partial charge is 0.0719 e. The molecule has 2 aromatic rings. The van der Waals surface area contributed by atoms with Gasteiger partial charge in [-0.15, -0.1) is 0 Å². The molecule has 0 amide bonds. The molecule has 4 nitrogen and oxygen atoms in total. The fourth-order valence-corrected chi connectivity index (χ4v) is 2.83. The first-order valence-electron chi connectivity index (χ1n) is 6.20. The number of hydrogen-bond acceptors (Lipinski definition) is 4. The van der Waals surface area contributed by atoms with Crippen molar-refractivity contribution in [2.24, 2.45) is 12.9 Å². The Morgan fingerprint density at radius 1 is 1.44 bits per heavy atom. The van der Waals surface area contributed by atoms with Crippen LogP contribution < -0.4 is 11.3 Å². The van der Waals surface area contributed by atoms with E-state index >= 15 is 0 Å². The van der Waals surface area contributed by atoms with E-state index in [0.717, 1.165) is 23.6 Å². The minimum absolute atomic E-state index is 0.272. The van der Waals surface area contributed by atoms with Crippen LogP contribution in [0, 0.1) is 0 Å². The van der Waals surface area contributed by atoms with Crippen molar-refractivity contribution < 1.29 is 0 Å². The van der Waals surface area contributed by atoms with E-state index in [0.29, 0.717) is 0 Å². The number of fused-ring (bicyclic) bond motifs is 1. The molecule has 1 atom stereocenters. The zero-order chi connectivity index (χ0) is 13.0. The van der Waals surface area contributed by atoms with Gasteiger partial charge in [-0.05, 0) is 11.8 Å². The highest BCUT2D eigenvalue weighted by Gasteiger charge is 2.13. The standard InChI is InChI=1S/C13H20N4S/c1-3-18-9-10(15-14)8-12-11-6-4-5-7-13(11)17(2)16-12/h4-7,10,15H,3,8-9,14H2,1-2H3. The molecule has 0 bridgehead atoms. The van der Waals surface area contributed by atoms with Crippen molar-refractivity contribution in [2.45, 2.75) is 19.4 Å². The predicted octanol–water partition coefficient (Wildman–Crippen LogP) is 1.70. The molecule has 18 heavy (non-hydrogen) atoms. The van der Waals surface area contributed by atoms with Crippen molar-refractivity contribution in [3.63, 3.8) is 0 Å². The first kappa shape index (κ1) is 13.4. The van der Waals surface area contributed by atoms with Gasteiger partial charge in [0.2, 0.25) is 0 Å². The van der Waals surface area contributed by atoms with Gasteiger partial charge >= 0.3 is 0 Å². The van der Waals surface area contributed by atoms with Crippen LogP contribution in [0.3, 0.4) is 0 Å². The lowest BCUT2D eigenvalue weighted by atomic mass is 10.1. The van der Waals surface area contributed by atoms with Crippen molar-refractivity contribution in [1.29, 1.82) is 0 Å². The van der Waals surface area contributed by atoms with Crippen LogP contribution in [-0.4, -0.2) is 27.3 Å². The highest BCUT2D eigenvalue weighted by molar-refractivity contribution is 7.99. The second-order valence-corrected chi connectivity index (χ2v) is 5.63. The van der Waals surface area contributed by atoms with Crippen LogP contribution in [0.15, 0.2) is 24.3 Å². The van der Waals surface area contributed by atoms with Crippen LogP contribution in [0.25, 0.3) is 10.9 Å². The van der Waals surface area contributed by atoms with Gasteiger partial charge in [-0.1, -0.05) is 25.1 Å². The number of hydrazine groups is 1. The van der Waals surface area contributed by atoms with E-state index < -0.39 is 0 Å². The number of hydrogen-bond donors (Lipinski definition) is 2. The summed E-state index contributed by atoms with van der Waals surface area (Å²) in [6.07, 6.45) is 0.866. The molecule has 5 heteroatoms. The lowest BCUT2D eigenvalue weighted by molar-refractivity contribution is 0.565. The van der Waals surface area contributed by atoms with E-state index in [-0.39, 0.29) is 6.04 Å². The van der Waals surface area contributed by atoms with Crippen LogP contribution >= 0.6 is 11.8 Å². The van der Waals surface area contributed by atoms with Crippen LogP contribution in [-0.2, 0) is 13.5 Å². The maximum atomic E-state index is 5.61. The molecule has 0 aliphatic rings. The number of nitrogens with two attached hydrogens (primary N) is 1. The lowest BCUT2D eigenvalue weighted by Crippen LogP contribution is -2.38. The Morgan fingerprint density at radius 2 is 2.22 bits per heavy atom. The molecular weight excluding hydrogens is 244 g/mol. The zero-order valence-corrected chi connectivity index (χ0v) is 11.7. The van der Waals surface area contributed by atoms with Crippen LogP contribution in [0.1, 0.15) is 12.6 Å². The summed E-state index contributed by atoms with van der Waals surface area (Å²) < 4.78 is 1.94. The number of aromatic nitrogens is 2. The molecule has 0 saturated heterocycles. The molecule has 98 valence electrons. The summed E-state index contributed by atoms with van der Waals surface area (Å²) in [5.41, 5.74) is 5.18. The topological polar surface area (TPSA) is 55.9 Å². The fourth-order valence-electron chi connectivity index (χ4n) is 2.10. The van der Waals surface area contributed by atoms with Gasteiger partial charge in [-0.2, -0.15) is 16.9 Å². The van der Waals surface area contributed by atoms with Gasteiger partial charge in [0.15, 0.2) is 0 Å². The van der Waals surface area contributed by atoms with Crippen LogP contribution in [0.5, 0.6) is 0 Å². The first-order valence-corrected chi connectivity index (χ1v) is 7.36. The Morgan fingerprint density at radius 3 is 2.94 bits per heavy atom. The molecule has 3 N–H and O–H groups in total. The summed E-state index contributed by atoms with van der Waals surface area (Å²) >= 11 is 1.90. The summed E-state index contributed by atoms with van der Waals surface area (Å²) in [7, 11) is 1.98. The van der Waals surface area contributed by atoms with E-state index in [1.54, 1.807) is 0 Å². The number of nitrogens with zero attached hydrogens (tertiary/aromatic N) is 2. The van der Waals surface area contributed by atoms with Crippen LogP contribution in [0.2, 0.25) is 0 Å². The number of aryl methyl sites for hydroxylation is 1. The average molecular weight is 264 g/mol. The monoisotopic (exact) mass is 264 g/mol. The Balaban J connectivity index is 2.20. The minimum atomic E-state index is 0.272. The van der Waals surface area contributed by atoms with Crippen molar-refractivity contribution in [3.8, 4) is 0 Å². The number of rotatable bonds is 6. The predicted molar refractivity (Wildman–Crippen MR) is 78.5 cm³/mol. The Labute approximate surface area is 112 Å². The number of benzene rings is 1.